The highest BCUT2D eigenvalue weighted by Gasteiger charge is 2.11. The molecule has 0 aliphatic heterocycles. The predicted molar refractivity (Wildman–Crippen MR) is 101 cm³/mol. The van der Waals surface area contributed by atoms with Gasteiger partial charge >= 0.3 is 5.97 Å². The van der Waals surface area contributed by atoms with Gasteiger partial charge in [0.1, 0.15) is 5.75 Å². The van der Waals surface area contributed by atoms with Gasteiger partial charge in [0.2, 0.25) is 0 Å². The lowest BCUT2D eigenvalue weighted by molar-refractivity contribution is -0.384. The Hall–Kier alpha value is -3.22. The van der Waals surface area contributed by atoms with Gasteiger partial charge in [0.25, 0.3) is 11.6 Å². The summed E-state index contributed by atoms with van der Waals surface area (Å²) in [5.41, 5.74) is 1.39. The van der Waals surface area contributed by atoms with E-state index in [1.807, 2.05) is 12.1 Å². The molecule has 0 saturated heterocycles. The molecule has 0 spiro atoms. The van der Waals surface area contributed by atoms with Crippen LogP contribution in [0.1, 0.15) is 48.5 Å². The van der Waals surface area contributed by atoms with Crippen LogP contribution in [0.5, 0.6) is 5.75 Å². The van der Waals surface area contributed by atoms with Crippen molar-refractivity contribution in [3.05, 3.63) is 69.8 Å². The van der Waals surface area contributed by atoms with Gasteiger partial charge in [-0.25, -0.2) is 0 Å². The van der Waals surface area contributed by atoms with E-state index >= 15 is 0 Å². The van der Waals surface area contributed by atoms with Gasteiger partial charge in [0, 0.05) is 24.2 Å². The lowest BCUT2D eigenvalue weighted by Gasteiger charge is -2.10. The number of nitrogens with one attached hydrogen (secondary N) is 1. The molecule has 0 aliphatic rings. The van der Waals surface area contributed by atoms with Crippen LogP contribution < -0.4 is 10.1 Å². The van der Waals surface area contributed by atoms with Crippen LogP contribution in [0.25, 0.3) is 0 Å². The van der Waals surface area contributed by atoms with Crippen molar-refractivity contribution >= 4 is 17.6 Å². The number of rotatable bonds is 8. The van der Waals surface area contributed by atoms with Crippen LogP contribution in [-0.2, 0) is 4.79 Å². The van der Waals surface area contributed by atoms with Gasteiger partial charge in [0.15, 0.2) is 0 Å². The smallest absolute Gasteiger partial charge is 0.312 e. The third-order valence-electron chi connectivity index (χ3n) is 4.25. The van der Waals surface area contributed by atoms with Gasteiger partial charge in [-0.1, -0.05) is 26.0 Å². The van der Waals surface area contributed by atoms with Crippen molar-refractivity contribution < 1.29 is 19.2 Å². The molecule has 0 aliphatic carbocycles. The maximum absolute atomic E-state index is 12.0. The second-order valence-electron chi connectivity index (χ2n) is 6.16. The summed E-state index contributed by atoms with van der Waals surface area (Å²) >= 11 is 0. The highest BCUT2D eigenvalue weighted by atomic mass is 16.6. The van der Waals surface area contributed by atoms with Crippen LogP contribution in [0.4, 0.5) is 5.69 Å². The first-order chi connectivity index (χ1) is 12.9. The van der Waals surface area contributed by atoms with Crippen molar-refractivity contribution in [2.75, 3.05) is 6.54 Å². The summed E-state index contributed by atoms with van der Waals surface area (Å²) in [7, 11) is 0. The van der Waals surface area contributed by atoms with Crippen molar-refractivity contribution in [3.8, 4) is 5.75 Å². The summed E-state index contributed by atoms with van der Waals surface area (Å²) in [4.78, 5) is 33.9. The highest BCUT2D eigenvalue weighted by Crippen LogP contribution is 2.21. The summed E-state index contributed by atoms with van der Waals surface area (Å²) in [6.07, 6.45) is 1.05. The number of non-ortho nitro benzene ring substituents is 1. The van der Waals surface area contributed by atoms with E-state index in [9.17, 15) is 19.7 Å². The molecular weight excluding hydrogens is 348 g/mol. The van der Waals surface area contributed by atoms with Gasteiger partial charge in [-0.05, 0) is 42.2 Å². The van der Waals surface area contributed by atoms with E-state index < -0.39 is 16.8 Å². The van der Waals surface area contributed by atoms with Crippen LogP contribution >= 0.6 is 0 Å². The number of nitro benzene ring substituents is 1. The maximum atomic E-state index is 12.0. The Morgan fingerprint density at radius 1 is 1.11 bits per heavy atom. The zero-order chi connectivity index (χ0) is 19.8. The van der Waals surface area contributed by atoms with Crippen molar-refractivity contribution in [3.63, 3.8) is 0 Å². The molecule has 27 heavy (non-hydrogen) atoms. The van der Waals surface area contributed by atoms with Crippen molar-refractivity contribution in [1.29, 1.82) is 0 Å². The molecule has 7 nitrogen and oxygen atoms in total. The monoisotopic (exact) mass is 370 g/mol. The molecule has 0 fully saturated rings. The Bertz CT molecular complexity index is 800. The van der Waals surface area contributed by atoms with E-state index in [0.29, 0.717) is 11.7 Å². The third kappa shape index (κ3) is 5.91. The standard InChI is InChI=1S/C20H22N2O5/c1-3-14(2)15-6-10-18(11-7-15)27-19(23)12-13-21-20(24)16-4-8-17(9-5-16)22(25)26/h4-11,14H,3,12-13H2,1-2H3,(H,21,24)/t14-/m1/s1. The Morgan fingerprint density at radius 2 is 1.74 bits per heavy atom. The fraction of sp³-hybridized carbons (Fsp3) is 0.300. The van der Waals surface area contributed by atoms with E-state index in [2.05, 4.69) is 19.2 Å². The quantitative estimate of drug-likeness (QED) is 0.329. The first-order valence-electron chi connectivity index (χ1n) is 8.74. The second-order valence-corrected chi connectivity index (χ2v) is 6.16. The lowest BCUT2D eigenvalue weighted by atomic mass is 9.99. The molecule has 1 N–H and O–H groups in total. The largest absolute Gasteiger partial charge is 0.426 e. The van der Waals surface area contributed by atoms with Crippen molar-refractivity contribution in [2.45, 2.75) is 32.6 Å². The number of carbonyl (C=O) groups is 2. The molecule has 0 saturated carbocycles. The van der Waals surface area contributed by atoms with Crippen molar-refractivity contribution in [1.82, 2.24) is 5.32 Å². The van der Waals surface area contributed by atoms with E-state index in [0.717, 1.165) is 6.42 Å². The second kappa shape index (κ2) is 9.47. The Morgan fingerprint density at radius 3 is 2.30 bits per heavy atom. The maximum Gasteiger partial charge on any atom is 0.312 e. The van der Waals surface area contributed by atoms with Crippen LogP contribution in [0.3, 0.4) is 0 Å². The molecule has 1 atom stereocenters. The molecule has 0 bridgehead atoms. The number of ether oxygens (including phenoxy) is 1. The van der Waals surface area contributed by atoms with E-state index in [1.54, 1.807) is 12.1 Å². The SMILES string of the molecule is CC[C@@H](C)c1ccc(OC(=O)CCNC(=O)c2ccc([N+](=O)[O-])cc2)cc1. The molecule has 1 amide bonds. The van der Waals surface area contributed by atoms with Crippen LogP contribution in [0.15, 0.2) is 48.5 Å². The van der Waals surface area contributed by atoms with Gasteiger partial charge in [-0.2, -0.15) is 0 Å². The summed E-state index contributed by atoms with van der Waals surface area (Å²) in [6, 6.07) is 12.6. The number of hydrogen-bond donors (Lipinski definition) is 1. The predicted octanol–water partition coefficient (Wildman–Crippen LogP) is 3.83. The van der Waals surface area contributed by atoms with Gasteiger partial charge < -0.3 is 10.1 Å². The number of nitrogens with zero attached hydrogens (tertiary/aromatic N) is 1. The number of esters is 1. The normalized spacial score (nSPS) is 11.5. The molecule has 2 aromatic carbocycles. The molecule has 7 heteroatoms. The molecule has 0 aromatic heterocycles. The lowest BCUT2D eigenvalue weighted by Crippen LogP contribution is -2.27. The van der Waals surface area contributed by atoms with Crippen molar-refractivity contribution in [2.24, 2.45) is 0 Å². The molecule has 0 unspecified atom stereocenters. The third-order valence-corrected chi connectivity index (χ3v) is 4.25. The van der Waals surface area contributed by atoms with E-state index in [-0.39, 0.29) is 24.2 Å². The molecule has 2 aromatic rings. The summed E-state index contributed by atoms with van der Waals surface area (Å²) in [5.74, 6) is 0.0593. The first-order valence-corrected chi connectivity index (χ1v) is 8.74. The summed E-state index contributed by atoms with van der Waals surface area (Å²) in [5, 5.41) is 13.2. The molecule has 2 rings (SSSR count). The van der Waals surface area contributed by atoms with Gasteiger partial charge in [-0.15, -0.1) is 0 Å². The van der Waals surface area contributed by atoms with Crippen LogP contribution in [0, 0.1) is 10.1 Å². The topological polar surface area (TPSA) is 98.5 Å². The number of nitro groups is 1. The number of amides is 1. The van der Waals surface area contributed by atoms with Crippen LogP contribution in [-0.4, -0.2) is 23.3 Å². The average molecular weight is 370 g/mol. The van der Waals surface area contributed by atoms with Crippen LogP contribution in [0.2, 0.25) is 0 Å². The number of benzene rings is 2. The fourth-order valence-corrected chi connectivity index (χ4v) is 2.40. The first kappa shape index (κ1) is 20.1. The fourth-order valence-electron chi connectivity index (χ4n) is 2.40. The molecule has 142 valence electrons. The van der Waals surface area contributed by atoms with E-state index in [1.165, 1.54) is 29.8 Å². The highest BCUT2D eigenvalue weighted by molar-refractivity contribution is 5.94. The zero-order valence-electron chi connectivity index (χ0n) is 15.3. The van der Waals surface area contributed by atoms with Gasteiger partial charge in [-0.3, -0.25) is 19.7 Å². The Balaban J connectivity index is 1.78. The minimum atomic E-state index is -0.535. The van der Waals surface area contributed by atoms with E-state index in [4.69, 9.17) is 4.74 Å². The zero-order valence-corrected chi connectivity index (χ0v) is 15.3. The number of carbonyl (C=O) groups excluding carboxylic acids is 2. The Kier molecular flexibility index (Phi) is 7.05. The number of hydrogen-bond acceptors (Lipinski definition) is 5. The minimum absolute atomic E-state index is 0.0197. The minimum Gasteiger partial charge on any atom is -0.426 e. The summed E-state index contributed by atoms with van der Waals surface area (Å²) in [6.45, 7) is 4.36. The average Bonchev–Trinajstić information content (AvgIpc) is 2.67. The molecular formula is C20H22N2O5. The molecule has 0 heterocycles. The Labute approximate surface area is 157 Å². The summed E-state index contributed by atoms with van der Waals surface area (Å²) < 4.78 is 5.25. The van der Waals surface area contributed by atoms with Gasteiger partial charge in [0.05, 0.1) is 11.3 Å². The molecule has 0 radical (unpaired) electrons.